The summed E-state index contributed by atoms with van der Waals surface area (Å²) in [6, 6.07) is 10.4. The molecular formula is C23H40N2O4. The number of likely N-dealkylation sites (N-methyl/N-ethyl adjacent to an activating group) is 1. The Labute approximate surface area is 177 Å². The second-order valence-corrected chi connectivity index (χ2v) is 8.24. The van der Waals surface area contributed by atoms with Crippen molar-refractivity contribution in [2.75, 3.05) is 53.1 Å². The van der Waals surface area contributed by atoms with Gasteiger partial charge in [0.1, 0.15) is 5.60 Å². The largest absolute Gasteiger partial charge is 0.444 e. The maximum Gasteiger partial charge on any atom is 0.410 e. The van der Waals surface area contributed by atoms with Crippen LogP contribution in [0, 0.1) is 0 Å². The standard InChI is InChI=1S/C23H40N2O4/c1-6-7-16-27-18-14-25(20-21-11-9-8-10-12-21)15-19-28-17-13-24(5)22(26)29-23(2,3)4/h8-12H,6-7,13-20H2,1-5H3. The molecule has 0 aliphatic carbocycles. The highest BCUT2D eigenvalue weighted by molar-refractivity contribution is 5.67. The smallest absolute Gasteiger partial charge is 0.410 e. The Hall–Kier alpha value is -1.63. The van der Waals surface area contributed by atoms with Gasteiger partial charge in [-0.25, -0.2) is 4.79 Å². The molecule has 0 saturated heterocycles. The van der Waals surface area contributed by atoms with E-state index >= 15 is 0 Å². The number of carbonyl (C=O) groups is 1. The Morgan fingerprint density at radius 1 is 0.931 bits per heavy atom. The van der Waals surface area contributed by atoms with E-state index in [1.807, 2.05) is 26.8 Å². The highest BCUT2D eigenvalue weighted by Gasteiger charge is 2.19. The summed E-state index contributed by atoms with van der Waals surface area (Å²) in [6.45, 7) is 13.5. The Kier molecular flexibility index (Phi) is 12.6. The number of amides is 1. The highest BCUT2D eigenvalue weighted by atomic mass is 16.6. The molecule has 0 N–H and O–H groups in total. The van der Waals surface area contributed by atoms with Crippen molar-refractivity contribution in [2.45, 2.75) is 52.7 Å². The van der Waals surface area contributed by atoms with Crippen LogP contribution in [-0.2, 0) is 20.8 Å². The Morgan fingerprint density at radius 3 is 2.10 bits per heavy atom. The SMILES string of the molecule is CCCCOCCN(CCOCCN(C)C(=O)OC(C)(C)C)Cc1ccccc1. The molecule has 0 atom stereocenters. The molecule has 0 heterocycles. The third-order valence-electron chi connectivity index (χ3n) is 4.27. The van der Waals surface area contributed by atoms with E-state index in [4.69, 9.17) is 14.2 Å². The highest BCUT2D eigenvalue weighted by Crippen LogP contribution is 2.09. The average Bonchev–Trinajstić information content (AvgIpc) is 2.66. The quantitative estimate of drug-likeness (QED) is 0.432. The van der Waals surface area contributed by atoms with Crippen LogP contribution in [0.15, 0.2) is 30.3 Å². The second-order valence-electron chi connectivity index (χ2n) is 8.24. The van der Waals surface area contributed by atoms with Gasteiger partial charge in [0.05, 0.1) is 19.8 Å². The predicted octanol–water partition coefficient (Wildman–Crippen LogP) is 4.19. The van der Waals surface area contributed by atoms with Crippen molar-refractivity contribution in [3.8, 4) is 0 Å². The zero-order valence-electron chi connectivity index (χ0n) is 19.0. The fourth-order valence-electron chi connectivity index (χ4n) is 2.58. The van der Waals surface area contributed by atoms with E-state index in [0.717, 1.165) is 45.7 Å². The molecule has 1 amide bonds. The van der Waals surface area contributed by atoms with Gasteiger partial charge in [-0.2, -0.15) is 0 Å². The second kappa shape index (κ2) is 14.4. The lowest BCUT2D eigenvalue weighted by atomic mass is 10.2. The number of nitrogens with zero attached hydrogens (tertiary/aromatic N) is 2. The molecule has 0 bridgehead atoms. The lowest BCUT2D eigenvalue weighted by Crippen LogP contribution is -2.36. The topological polar surface area (TPSA) is 51.2 Å². The molecule has 0 radical (unpaired) electrons. The lowest BCUT2D eigenvalue weighted by Gasteiger charge is -2.25. The molecule has 0 aliphatic heterocycles. The van der Waals surface area contributed by atoms with E-state index in [1.165, 1.54) is 5.56 Å². The molecule has 0 spiro atoms. The molecular weight excluding hydrogens is 368 g/mol. The van der Waals surface area contributed by atoms with Crippen LogP contribution in [0.4, 0.5) is 4.79 Å². The molecule has 1 aromatic carbocycles. The molecule has 1 rings (SSSR count). The van der Waals surface area contributed by atoms with Crippen LogP contribution in [0.1, 0.15) is 46.1 Å². The van der Waals surface area contributed by atoms with Crippen LogP contribution in [0.3, 0.4) is 0 Å². The first-order valence-corrected chi connectivity index (χ1v) is 10.7. The van der Waals surface area contributed by atoms with Crippen molar-refractivity contribution < 1.29 is 19.0 Å². The lowest BCUT2D eigenvalue weighted by molar-refractivity contribution is 0.0210. The van der Waals surface area contributed by atoms with Gasteiger partial charge in [0.2, 0.25) is 0 Å². The molecule has 6 heteroatoms. The van der Waals surface area contributed by atoms with Gasteiger partial charge in [-0.05, 0) is 32.8 Å². The van der Waals surface area contributed by atoms with E-state index in [-0.39, 0.29) is 6.09 Å². The van der Waals surface area contributed by atoms with E-state index in [9.17, 15) is 4.79 Å². The summed E-state index contributed by atoms with van der Waals surface area (Å²) in [6.07, 6.45) is 1.93. The van der Waals surface area contributed by atoms with E-state index in [1.54, 1.807) is 11.9 Å². The monoisotopic (exact) mass is 408 g/mol. The summed E-state index contributed by atoms with van der Waals surface area (Å²) in [5, 5.41) is 0. The van der Waals surface area contributed by atoms with Gasteiger partial charge in [0, 0.05) is 39.8 Å². The van der Waals surface area contributed by atoms with E-state index in [2.05, 4.69) is 36.1 Å². The number of carbonyl (C=O) groups excluding carboxylic acids is 1. The normalized spacial score (nSPS) is 11.7. The van der Waals surface area contributed by atoms with Crippen LogP contribution in [0.25, 0.3) is 0 Å². The first-order chi connectivity index (χ1) is 13.8. The summed E-state index contributed by atoms with van der Waals surface area (Å²) >= 11 is 0. The number of rotatable bonds is 14. The van der Waals surface area contributed by atoms with Crippen molar-refractivity contribution in [1.29, 1.82) is 0 Å². The predicted molar refractivity (Wildman–Crippen MR) is 117 cm³/mol. The summed E-state index contributed by atoms with van der Waals surface area (Å²) in [7, 11) is 1.73. The summed E-state index contributed by atoms with van der Waals surface area (Å²) in [5.74, 6) is 0. The first-order valence-electron chi connectivity index (χ1n) is 10.7. The number of benzene rings is 1. The molecule has 0 saturated carbocycles. The molecule has 1 aromatic rings. The Morgan fingerprint density at radius 2 is 1.52 bits per heavy atom. The Bertz CT molecular complexity index is 546. The van der Waals surface area contributed by atoms with Crippen LogP contribution in [0.2, 0.25) is 0 Å². The maximum atomic E-state index is 12.0. The van der Waals surface area contributed by atoms with Gasteiger partial charge in [-0.1, -0.05) is 43.7 Å². The zero-order valence-corrected chi connectivity index (χ0v) is 19.0. The Balaban J connectivity index is 2.32. The first kappa shape index (κ1) is 25.4. The minimum atomic E-state index is -0.483. The van der Waals surface area contributed by atoms with Crippen molar-refractivity contribution in [1.82, 2.24) is 9.80 Å². The van der Waals surface area contributed by atoms with E-state index in [0.29, 0.717) is 19.8 Å². The fraction of sp³-hybridized carbons (Fsp3) is 0.696. The van der Waals surface area contributed by atoms with Gasteiger partial charge in [-0.3, -0.25) is 4.90 Å². The molecule has 0 aliphatic rings. The third-order valence-corrected chi connectivity index (χ3v) is 4.27. The minimum absolute atomic E-state index is 0.323. The number of unbranched alkanes of at least 4 members (excludes halogenated alkanes) is 1. The van der Waals surface area contributed by atoms with Crippen LogP contribution in [-0.4, -0.2) is 74.6 Å². The molecule has 6 nitrogen and oxygen atoms in total. The van der Waals surface area contributed by atoms with Gasteiger partial charge in [-0.15, -0.1) is 0 Å². The van der Waals surface area contributed by atoms with Gasteiger partial charge in [0.15, 0.2) is 0 Å². The molecule has 29 heavy (non-hydrogen) atoms. The van der Waals surface area contributed by atoms with Crippen LogP contribution >= 0.6 is 0 Å². The zero-order chi connectivity index (χ0) is 21.5. The maximum absolute atomic E-state index is 12.0. The average molecular weight is 409 g/mol. The van der Waals surface area contributed by atoms with Gasteiger partial charge in [0.25, 0.3) is 0 Å². The molecule has 166 valence electrons. The summed E-state index contributed by atoms with van der Waals surface area (Å²) < 4.78 is 16.8. The molecule has 0 unspecified atom stereocenters. The van der Waals surface area contributed by atoms with Crippen molar-refractivity contribution in [3.05, 3.63) is 35.9 Å². The number of hydrogen-bond acceptors (Lipinski definition) is 5. The van der Waals surface area contributed by atoms with Crippen molar-refractivity contribution >= 4 is 6.09 Å². The fourth-order valence-corrected chi connectivity index (χ4v) is 2.58. The molecule has 0 fully saturated rings. The third kappa shape index (κ3) is 13.3. The van der Waals surface area contributed by atoms with Gasteiger partial charge >= 0.3 is 6.09 Å². The minimum Gasteiger partial charge on any atom is -0.444 e. The van der Waals surface area contributed by atoms with Crippen molar-refractivity contribution in [2.24, 2.45) is 0 Å². The number of hydrogen-bond donors (Lipinski definition) is 0. The summed E-state index contributed by atoms with van der Waals surface area (Å²) in [5.41, 5.74) is 0.800. The number of ether oxygens (including phenoxy) is 3. The van der Waals surface area contributed by atoms with Crippen LogP contribution in [0.5, 0.6) is 0 Å². The summed E-state index contributed by atoms with van der Waals surface area (Å²) in [4.78, 5) is 15.8. The van der Waals surface area contributed by atoms with E-state index < -0.39 is 5.60 Å². The van der Waals surface area contributed by atoms with Crippen molar-refractivity contribution in [3.63, 3.8) is 0 Å². The van der Waals surface area contributed by atoms with Crippen LogP contribution < -0.4 is 0 Å². The molecule has 0 aromatic heterocycles. The van der Waals surface area contributed by atoms with Gasteiger partial charge < -0.3 is 19.1 Å².